The second-order valence-corrected chi connectivity index (χ2v) is 4.74. The summed E-state index contributed by atoms with van der Waals surface area (Å²) in [4.78, 5) is 2.43. The standard InChI is InChI=1S/C14H25NO/c1-4-7-10-13(16)14(11-8-9-12-14)15(5-2)6-3/h1,13,16H,5-12H2,2-3H3. The van der Waals surface area contributed by atoms with Gasteiger partial charge in [0.2, 0.25) is 0 Å². The van der Waals surface area contributed by atoms with Crippen LogP contribution in [-0.4, -0.2) is 34.7 Å². The first-order valence-electron chi connectivity index (χ1n) is 6.57. The van der Waals surface area contributed by atoms with Crippen molar-refractivity contribution in [3.63, 3.8) is 0 Å². The highest BCUT2D eigenvalue weighted by Crippen LogP contribution is 2.39. The Morgan fingerprint density at radius 1 is 1.31 bits per heavy atom. The van der Waals surface area contributed by atoms with E-state index in [1.165, 1.54) is 12.8 Å². The van der Waals surface area contributed by atoms with Crippen LogP contribution < -0.4 is 0 Å². The van der Waals surface area contributed by atoms with Gasteiger partial charge in [-0.05, 0) is 32.4 Å². The molecule has 1 N–H and O–H groups in total. The van der Waals surface area contributed by atoms with Gasteiger partial charge in [-0.3, -0.25) is 4.90 Å². The van der Waals surface area contributed by atoms with E-state index < -0.39 is 0 Å². The van der Waals surface area contributed by atoms with Gasteiger partial charge in [-0.15, -0.1) is 12.3 Å². The maximum absolute atomic E-state index is 10.4. The third kappa shape index (κ3) is 2.59. The minimum Gasteiger partial charge on any atom is -0.391 e. The van der Waals surface area contributed by atoms with Gasteiger partial charge in [-0.25, -0.2) is 0 Å². The largest absolute Gasteiger partial charge is 0.391 e. The normalized spacial score (nSPS) is 20.9. The van der Waals surface area contributed by atoms with Gasteiger partial charge in [0.1, 0.15) is 0 Å². The Bertz CT molecular complexity index is 234. The zero-order valence-electron chi connectivity index (χ0n) is 10.7. The smallest absolute Gasteiger partial charge is 0.0732 e. The van der Waals surface area contributed by atoms with Crippen molar-refractivity contribution in [2.24, 2.45) is 0 Å². The molecule has 16 heavy (non-hydrogen) atoms. The molecular weight excluding hydrogens is 198 g/mol. The van der Waals surface area contributed by atoms with E-state index in [9.17, 15) is 5.11 Å². The predicted molar refractivity (Wildman–Crippen MR) is 68.2 cm³/mol. The van der Waals surface area contributed by atoms with Crippen molar-refractivity contribution < 1.29 is 5.11 Å². The lowest BCUT2D eigenvalue weighted by Gasteiger charge is -2.44. The number of rotatable bonds is 6. The summed E-state index contributed by atoms with van der Waals surface area (Å²) in [5.41, 5.74) is 0.0142. The summed E-state index contributed by atoms with van der Waals surface area (Å²) in [6.45, 7) is 6.39. The molecule has 1 fully saturated rings. The average molecular weight is 223 g/mol. The predicted octanol–water partition coefficient (Wildman–Crippen LogP) is 2.42. The van der Waals surface area contributed by atoms with E-state index in [1.807, 2.05) is 0 Å². The second-order valence-electron chi connectivity index (χ2n) is 4.74. The third-order valence-electron chi connectivity index (χ3n) is 4.05. The third-order valence-corrected chi connectivity index (χ3v) is 4.05. The number of aliphatic hydroxyl groups excluding tert-OH is 1. The molecule has 1 saturated carbocycles. The number of aliphatic hydroxyl groups is 1. The van der Waals surface area contributed by atoms with E-state index in [0.29, 0.717) is 6.42 Å². The highest BCUT2D eigenvalue weighted by atomic mass is 16.3. The summed E-state index contributed by atoms with van der Waals surface area (Å²) < 4.78 is 0. The number of hydrogen-bond donors (Lipinski definition) is 1. The molecule has 1 aliphatic rings. The van der Waals surface area contributed by atoms with Crippen molar-refractivity contribution in [3.8, 4) is 12.3 Å². The maximum atomic E-state index is 10.4. The van der Waals surface area contributed by atoms with Crippen LogP contribution in [0.15, 0.2) is 0 Å². The van der Waals surface area contributed by atoms with E-state index in [-0.39, 0.29) is 11.6 Å². The fraction of sp³-hybridized carbons (Fsp3) is 0.857. The van der Waals surface area contributed by atoms with Crippen LogP contribution in [0.25, 0.3) is 0 Å². The zero-order valence-corrected chi connectivity index (χ0v) is 10.7. The van der Waals surface area contributed by atoms with Crippen molar-refractivity contribution in [2.45, 2.75) is 64.0 Å². The summed E-state index contributed by atoms with van der Waals surface area (Å²) in [7, 11) is 0. The molecule has 0 heterocycles. The first-order valence-corrected chi connectivity index (χ1v) is 6.57. The Labute approximate surface area is 100 Å². The molecule has 1 atom stereocenters. The highest BCUT2D eigenvalue weighted by Gasteiger charge is 2.43. The summed E-state index contributed by atoms with van der Waals surface area (Å²) in [5.74, 6) is 2.64. The van der Waals surface area contributed by atoms with E-state index in [1.54, 1.807) is 0 Å². The van der Waals surface area contributed by atoms with Crippen LogP contribution in [0.2, 0.25) is 0 Å². The molecule has 2 heteroatoms. The van der Waals surface area contributed by atoms with E-state index >= 15 is 0 Å². The summed E-state index contributed by atoms with van der Waals surface area (Å²) in [5, 5.41) is 10.4. The average Bonchev–Trinajstić information content (AvgIpc) is 2.78. The lowest BCUT2D eigenvalue weighted by molar-refractivity contribution is -0.0282. The molecule has 1 rings (SSSR count). The molecule has 92 valence electrons. The molecule has 0 aromatic rings. The lowest BCUT2D eigenvalue weighted by Crippen LogP contribution is -2.54. The Morgan fingerprint density at radius 2 is 1.88 bits per heavy atom. The summed E-state index contributed by atoms with van der Waals surface area (Å²) in [6, 6.07) is 0. The minimum absolute atomic E-state index is 0.0142. The van der Waals surface area contributed by atoms with Crippen molar-refractivity contribution >= 4 is 0 Å². The molecule has 0 saturated heterocycles. The van der Waals surface area contributed by atoms with Gasteiger partial charge >= 0.3 is 0 Å². The Morgan fingerprint density at radius 3 is 2.31 bits per heavy atom. The fourth-order valence-electron chi connectivity index (χ4n) is 3.19. The van der Waals surface area contributed by atoms with Crippen LogP contribution in [-0.2, 0) is 0 Å². The van der Waals surface area contributed by atoms with Crippen molar-refractivity contribution in [2.75, 3.05) is 13.1 Å². The van der Waals surface area contributed by atoms with E-state index in [0.717, 1.165) is 32.4 Å². The molecule has 0 radical (unpaired) electrons. The van der Waals surface area contributed by atoms with Gasteiger partial charge in [-0.2, -0.15) is 0 Å². The Hall–Kier alpha value is -0.520. The summed E-state index contributed by atoms with van der Waals surface area (Å²) >= 11 is 0. The first-order chi connectivity index (χ1) is 7.71. The number of terminal acetylenes is 1. The Balaban J connectivity index is 2.75. The molecule has 0 aromatic heterocycles. The van der Waals surface area contributed by atoms with Crippen LogP contribution in [0, 0.1) is 12.3 Å². The molecule has 0 amide bonds. The van der Waals surface area contributed by atoms with Crippen molar-refractivity contribution in [3.05, 3.63) is 0 Å². The lowest BCUT2D eigenvalue weighted by atomic mass is 9.85. The molecule has 0 aliphatic heterocycles. The monoisotopic (exact) mass is 223 g/mol. The van der Waals surface area contributed by atoms with E-state index in [2.05, 4.69) is 24.7 Å². The molecule has 1 aliphatic carbocycles. The van der Waals surface area contributed by atoms with Gasteiger partial charge in [0, 0.05) is 12.0 Å². The van der Waals surface area contributed by atoms with Crippen LogP contribution in [0.4, 0.5) is 0 Å². The molecule has 1 unspecified atom stereocenters. The van der Waals surface area contributed by atoms with Crippen LogP contribution in [0.5, 0.6) is 0 Å². The molecule has 0 spiro atoms. The fourth-order valence-corrected chi connectivity index (χ4v) is 3.19. The van der Waals surface area contributed by atoms with Crippen molar-refractivity contribution in [1.82, 2.24) is 4.90 Å². The molecule has 0 bridgehead atoms. The quantitative estimate of drug-likeness (QED) is 0.699. The molecule has 0 aromatic carbocycles. The second kappa shape index (κ2) is 6.27. The first kappa shape index (κ1) is 13.5. The van der Waals surface area contributed by atoms with Crippen LogP contribution in [0.3, 0.4) is 0 Å². The zero-order chi connectivity index (χ0) is 12.0. The maximum Gasteiger partial charge on any atom is 0.0732 e. The number of likely N-dealkylation sites (N-methyl/N-ethyl adjacent to an activating group) is 1. The topological polar surface area (TPSA) is 23.5 Å². The highest BCUT2D eigenvalue weighted by molar-refractivity contribution is 5.01. The van der Waals surface area contributed by atoms with Crippen LogP contribution in [0.1, 0.15) is 52.4 Å². The van der Waals surface area contributed by atoms with Gasteiger partial charge < -0.3 is 5.11 Å². The summed E-state index contributed by atoms with van der Waals surface area (Å²) in [6.07, 6.45) is 11.2. The SMILES string of the molecule is C#CCCC(O)C1(N(CC)CC)CCCC1. The number of hydrogen-bond acceptors (Lipinski definition) is 2. The van der Waals surface area contributed by atoms with Crippen LogP contribution >= 0.6 is 0 Å². The van der Waals surface area contributed by atoms with Crippen molar-refractivity contribution in [1.29, 1.82) is 0 Å². The van der Waals surface area contributed by atoms with E-state index in [4.69, 9.17) is 6.42 Å². The Kier molecular flexibility index (Phi) is 5.31. The number of nitrogens with zero attached hydrogens (tertiary/aromatic N) is 1. The minimum atomic E-state index is -0.258. The van der Waals surface area contributed by atoms with Gasteiger partial charge in [0.05, 0.1) is 6.10 Å². The molecule has 2 nitrogen and oxygen atoms in total. The van der Waals surface area contributed by atoms with Gasteiger partial charge in [-0.1, -0.05) is 26.7 Å². The van der Waals surface area contributed by atoms with Gasteiger partial charge in [0.15, 0.2) is 0 Å². The van der Waals surface area contributed by atoms with Gasteiger partial charge in [0.25, 0.3) is 0 Å². The molecular formula is C14H25NO.